The number of nitrogens with one attached hydrogen (secondary N) is 1. The quantitative estimate of drug-likeness (QED) is 0.875. The Labute approximate surface area is 117 Å². The van der Waals surface area contributed by atoms with Crippen LogP contribution in [0.3, 0.4) is 0 Å². The molecule has 1 unspecified atom stereocenters. The highest BCUT2D eigenvalue weighted by Crippen LogP contribution is 2.30. The van der Waals surface area contributed by atoms with Gasteiger partial charge in [0, 0.05) is 30.8 Å². The number of aryl methyl sites for hydroxylation is 1. The van der Waals surface area contributed by atoms with Gasteiger partial charge in [0.25, 0.3) is 0 Å². The summed E-state index contributed by atoms with van der Waals surface area (Å²) in [6.45, 7) is 5.49. The van der Waals surface area contributed by atoms with E-state index in [-0.39, 0.29) is 11.9 Å². The van der Waals surface area contributed by atoms with E-state index in [1.165, 1.54) is 0 Å². The van der Waals surface area contributed by atoms with Crippen molar-refractivity contribution in [1.29, 1.82) is 0 Å². The van der Waals surface area contributed by atoms with Crippen molar-refractivity contribution in [3.63, 3.8) is 0 Å². The van der Waals surface area contributed by atoms with Gasteiger partial charge in [-0.05, 0) is 26.7 Å². The van der Waals surface area contributed by atoms with E-state index in [1.807, 2.05) is 19.2 Å². The van der Waals surface area contributed by atoms with Gasteiger partial charge in [-0.15, -0.1) is 11.3 Å². The second-order valence-electron chi connectivity index (χ2n) is 5.12. The van der Waals surface area contributed by atoms with Crippen molar-refractivity contribution in [2.75, 3.05) is 19.8 Å². The van der Waals surface area contributed by atoms with E-state index in [4.69, 9.17) is 10.5 Å². The first-order valence-corrected chi connectivity index (χ1v) is 7.46. The molecule has 2 rings (SSSR count). The molecule has 1 atom stereocenters. The van der Waals surface area contributed by atoms with Gasteiger partial charge in [-0.2, -0.15) is 0 Å². The molecule has 1 fully saturated rings. The molecule has 1 aromatic heterocycles. The zero-order valence-electron chi connectivity index (χ0n) is 11.4. The molecule has 3 N–H and O–H groups in total. The van der Waals surface area contributed by atoms with E-state index in [0.717, 1.165) is 10.7 Å². The summed E-state index contributed by atoms with van der Waals surface area (Å²) in [7, 11) is 0. The standard InChI is InChI=1S/C13H21N3O2S/c1-9-7-19-11(15-9)10(2)16-12(17)13(8-14)3-5-18-6-4-13/h7,10H,3-6,8,14H2,1-2H3,(H,16,17). The number of ether oxygens (including phenoxy) is 1. The van der Waals surface area contributed by atoms with Crippen LogP contribution in [0, 0.1) is 12.3 Å². The first kappa shape index (κ1) is 14.4. The highest BCUT2D eigenvalue weighted by Gasteiger charge is 2.39. The van der Waals surface area contributed by atoms with E-state index >= 15 is 0 Å². The van der Waals surface area contributed by atoms with Crippen LogP contribution in [0.2, 0.25) is 0 Å². The Kier molecular flexibility index (Phi) is 4.54. The summed E-state index contributed by atoms with van der Waals surface area (Å²) in [5.74, 6) is 0.0265. The van der Waals surface area contributed by atoms with Crippen molar-refractivity contribution >= 4 is 17.2 Å². The molecule has 0 bridgehead atoms. The molecular weight excluding hydrogens is 262 g/mol. The highest BCUT2D eigenvalue weighted by molar-refractivity contribution is 7.09. The summed E-state index contributed by atoms with van der Waals surface area (Å²) in [6, 6.07) is -0.0718. The van der Waals surface area contributed by atoms with Gasteiger partial charge in [-0.3, -0.25) is 4.79 Å². The average Bonchev–Trinajstić information content (AvgIpc) is 2.86. The number of thiazole rings is 1. The number of aromatic nitrogens is 1. The topological polar surface area (TPSA) is 77.2 Å². The van der Waals surface area contributed by atoms with Gasteiger partial charge < -0.3 is 15.8 Å². The summed E-state index contributed by atoms with van der Waals surface area (Å²) in [4.78, 5) is 16.9. The summed E-state index contributed by atoms with van der Waals surface area (Å²) >= 11 is 1.57. The molecule has 0 aliphatic carbocycles. The third-order valence-corrected chi connectivity index (χ3v) is 4.82. The van der Waals surface area contributed by atoms with Crippen molar-refractivity contribution < 1.29 is 9.53 Å². The first-order chi connectivity index (χ1) is 9.07. The minimum atomic E-state index is -0.473. The van der Waals surface area contributed by atoms with Crippen LogP contribution in [-0.4, -0.2) is 30.6 Å². The fraction of sp³-hybridized carbons (Fsp3) is 0.692. The zero-order valence-corrected chi connectivity index (χ0v) is 12.3. The molecule has 1 saturated heterocycles. The maximum atomic E-state index is 12.5. The molecule has 0 aromatic carbocycles. The van der Waals surface area contributed by atoms with Crippen LogP contribution in [0.25, 0.3) is 0 Å². The van der Waals surface area contributed by atoms with Crippen LogP contribution in [0.4, 0.5) is 0 Å². The van der Waals surface area contributed by atoms with Gasteiger partial charge in [0.2, 0.25) is 5.91 Å². The molecule has 5 nitrogen and oxygen atoms in total. The van der Waals surface area contributed by atoms with Crippen molar-refractivity contribution in [2.45, 2.75) is 32.7 Å². The van der Waals surface area contributed by atoms with E-state index in [9.17, 15) is 4.79 Å². The summed E-state index contributed by atoms with van der Waals surface area (Å²) < 4.78 is 5.32. The van der Waals surface area contributed by atoms with Crippen molar-refractivity contribution in [3.05, 3.63) is 16.1 Å². The Hall–Kier alpha value is -0.980. The lowest BCUT2D eigenvalue weighted by atomic mass is 9.79. The van der Waals surface area contributed by atoms with Crippen LogP contribution in [-0.2, 0) is 9.53 Å². The van der Waals surface area contributed by atoms with Crippen molar-refractivity contribution in [2.24, 2.45) is 11.1 Å². The molecule has 2 heterocycles. The molecule has 1 aliphatic heterocycles. The van der Waals surface area contributed by atoms with Crippen molar-refractivity contribution in [3.8, 4) is 0 Å². The molecule has 106 valence electrons. The number of amides is 1. The number of carbonyl (C=O) groups excluding carboxylic acids is 1. The zero-order chi connectivity index (χ0) is 13.9. The second kappa shape index (κ2) is 5.98. The Morgan fingerprint density at radius 2 is 2.32 bits per heavy atom. The van der Waals surface area contributed by atoms with E-state index in [2.05, 4.69) is 10.3 Å². The second-order valence-corrected chi connectivity index (χ2v) is 6.01. The van der Waals surface area contributed by atoms with Crippen LogP contribution in [0.5, 0.6) is 0 Å². The fourth-order valence-electron chi connectivity index (χ4n) is 2.27. The largest absolute Gasteiger partial charge is 0.381 e. The van der Waals surface area contributed by atoms with E-state index in [0.29, 0.717) is 32.6 Å². The number of hydrogen-bond acceptors (Lipinski definition) is 5. The smallest absolute Gasteiger partial charge is 0.228 e. The summed E-state index contributed by atoms with van der Waals surface area (Å²) in [6.07, 6.45) is 1.39. The molecule has 0 radical (unpaired) electrons. The molecule has 0 spiro atoms. The van der Waals surface area contributed by atoms with Gasteiger partial charge in [0.15, 0.2) is 0 Å². The maximum Gasteiger partial charge on any atom is 0.228 e. The lowest BCUT2D eigenvalue weighted by Crippen LogP contribution is -2.49. The summed E-state index contributed by atoms with van der Waals surface area (Å²) in [5, 5.41) is 5.97. The lowest BCUT2D eigenvalue weighted by Gasteiger charge is -2.35. The molecule has 19 heavy (non-hydrogen) atoms. The third kappa shape index (κ3) is 3.13. The average molecular weight is 283 g/mol. The van der Waals surface area contributed by atoms with E-state index < -0.39 is 5.41 Å². The number of nitrogens with two attached hydrogens (primary N) is 1. The molecule has 1 aliphatic rings. The minimum Gasteiger partial charge on any atom is -0.381 e. The van der Waals surface area contributed by atoms with Gasteiger partial charge in [-0.1, -0.05) is 0 Å². The minimum absolute atomic E-state index is 0.0265. The molecule has 0 saturated carbocycles. The van der Waals surface area contributed by atoms with Gasteiger partial charge in [-0.25, -0.2) is 4.98 Å². The Morgan fingerprint density at radius 1 is 1.63 bits per heavy atom. The van der Waals surface area contributed by atoms with Crippen LogP contribution >= 0.6 is 11.3 Å². The van der Waals surface area contributed by atoms with Gasteiger partial charge in [0.1, 0.15) is 5.01 Å². The monoisotopic (exact) mass is 283 g/mol. The molecule has 1 aromatic rings. The fourth-order valence-corrected chi connectivity index (χ4v) is 3.07. The predicted octanol–water partition coefficient (Wildman–Crippen LogP) is 1.38. The maximum absolute atomic E-state index is 12.5. The van der Waals surface area contributed by atoms with Crippen LogP contribution in [0.1, 0.15) is 36.5 Å². The number of rotatable bonds is 4. The van der Waals surface area contributed by atoms with Crippen LogP contribution < -0.4 is 11.1 Å². The molecule has 6 heteroatoms. The predicted molar refractivity (Wildman–Crippen MR) is 74.9 cm³/mol. The van der Waals surface area contributed by atoms with Crippen LogP contribution in [0.15, 0.2) is 5.38 Å². The van der Waals surface area contributed by atoms with E-state index in [1.54, 1.807) is 11.3 Å². The van der Waals surface area contributed by atoms with Crippen molar-refractivity contribution in [1.82, 2.24) is 10.3 Å². The Morgan fingerprint density at radius 3 is 2.84 bits per heavy atom. The number of carbonyl (C=O) groups is 1. The Balaban J connectivity index is 2.03. The Bertz CT molecular complexity index is 441. The van der Waals surface area contributed by atoms with Gasteiger partial charge in [0.05, 0.1) is 11.5 Å². The number of nitrogens with zero attached hydrogens (tertiary/aromatic N) is 1. The summed E-state index contributed by atoms with van der Waals surface area (Å²) in [5.41, 5.74) is 6.34. The highest BCUT2D eigenvalue weighted by atomic mass is 32.1. The SMILES string of the molecule is Cc1csc(C(C)NC(=O)C2(CN)CCOCC2)n1. The number of hydrogen-bond donors (Lipinski definition) is 2. The normalized spacial score (nSPS) is 19.9. The first-order valence-electron chi connectivity index (χ1n) is 6.58. The molecular formula is C13H21N3O2S. The van der Waals surface area contributed by atoms with Gasteiger partial charge >= 0.3 is 0 Å². The third-order valence-electron chi connectivity index (χ3n) is 3.68. The molecule has 1 amide bonds. The lowest BCUT2D eigenvalue weighted by molar-refractivity contribution is -0.136.